The van der Waals surface area contributed by atoms with Gasteiger partial charge in [0, 0.05) is 38.8 Å². The Morgan fingerprint density at radius 2 is 2.00 bits per heavy atom. The number of carbonyl (C=O) groups is 1. The van der Waals surface area contributed by atoms with E-state index in [4.69, 9.17) is 11.6 Å². The van der Waals surface area contributed by atoms with E-state index in [9.17, 15) is 4.79 Å². The van der Waals surface area contributed by atoms with E-state index < -0.39 is 0 Å². The van der Waals surface area contributed by atoms with Crippen molar-refractivity contribution in [3.05, 3.63) is 69.9 Å². The molecule has 3 heterocycles. The van der Waals surface area contributed by atoms with E-state index in [1.807, 2.05) is 46.7 Å². The van der Waals surface area contributed by atoms with E-state index >= 15 is 0 Å². The molecule has 29 heavy (non-hydrogen) atoms. The van der Waals surface area contributed by atoms with Gasteiger partial charge in [-0.25, -0.2) is 9.97 Å². The van der Waals surface area contributed by atoms with Gasteiger partial charge in [0.2, 0.25) is 0 Å². The number of likely N-dealkylation sites (N-methyl/N-ethyl adjacent to an activating group) is 1. The second kappa shape index (κ2) is 9.03. The molecule has 4 rings (SSSR count). The summed E-state index contributed by atoms with van der Waals surface area (Å²) in [5.74, 6) is 0.745. The lowest BCUT2D eigenvalue weighted by Crippen LogP contribution is -2.48. The summed E-state index contributed by atoms with van der Waals surface area (Å²) in [6, 6.07) is 11.6. The van der Waals surface area contributed by atoms with Crippen molar-refractivity contribution in [2.75, 3.05) is 32.7 Å². The van der Waals surface area contributed by atoms with Crippen LogP contribution in [-0.2, 0) is 6.42 Å². The molecule has 0 N–H and O–H groups in total. The average Bonchev–Trinajstić information content (AvgIpc) is 3.29. The topological polar surface area (TPSA) is 49.3 Å². The lowest BCUT2D eigenvalue weighted by Gasteiger charge is -2.34. The fourth-order valence-corrected chi connectivity index (χ4v) is 4.49. The number of aromatic nitrogens is 2. The Bertz CT molecular complexity index is 984. The standard InChI is InChI=1S/C22H23ClN4OS/c1-2-26-9-11-27(12-10-26)22(28)17-6-5-16(14-18(17)23)15-21-24-8-7-19(25-21)20-4-3-13-29-20/h3-8,13-14H,2,9-12,15H2,1H3. The van der Waals surface area contributed by atoms with Crippen molar-refractivity contribution in [2.24, 2.45) is 0 Å². The zero-order valence-corrected chi connectivity index (χ0v) is 17.9. The maximum atomic E-state index is 12.9. The molecule has 0 bridgehead atoms. The summed E-state index contributed by atoms with van der Waals surface area (Å²) < 4.78 is 0. The predicted molar refractivity (Wildman–Crippen MR) is 118 cm³/mol. The molecule has 3 aromatic rings. The van der Waals surface area contributed by atoms with Crippen molar-refractivity contribution in [1.29, 1.82) is 0 Å². The number of benzene rings is 1. The fraction of sp³-hybridized carbons (Fsp3) is 0.318. The zero-order valence-electron chi connectivity index (χ0n) is 16.3. The minimum Gasteiger partial charge on any atom is -0.336 e. The van der Waals surface area contributed by atoms with Gasteiger partial charge in [-0.05, 0) is 41.8 Å². The van der Waals surface area contributed by atoms with E-state index in [1.54, 1.807) is 17.5 Å². The summed E-state index contributed by atoms with van der Waals surface area (Å²) in [5, 5.41) is 2.52. The van der Waals surface area contributed by atoms with Gasteiger partial charge in [-0.1, -0.05) is 30.7 Å². The number of amides is 1. The van der Waals surface area contributed by atoms with Crippen LogP contribution >= 0.6 is 22.9 Å². The summed E-state index contributed by atoms with van der Waals surface area (Å²) in [5.41, 5.74) is 2.48. The minimum atomic E-state index is 0.00764. The van der Waals surface area contributed by atoms with Crippen LogP contribution in [0.15, 0.2) is 48.0 Å². The first kappa shape index (κ1) is 20.0. The molecule has 1 amide bonds. The van der Waals surface area contributed by atoms with Gasteiger partial charge in [0.1, 0.15) is 5.82 Å². The maximum Gasteiger partial charge on any atom is 0.255 e. The molecular weight excluding hydrogens is 404 g/mol. The quantitative estimate of drug-likeness (QED) is 0.612. The number of halogens is 1. The van der Waals surface area contributed by atoms with E-state index in [1.165, 1.54) is 0 Å². The van der Waals surface area contributed by atoms with Crippen LogP contribution in [0.4, 0.5) is 0 Å². The van der Waals surface area contributed by atoms with Gasteiger partial charge in [0.25, 0.3) is 5.91 Å². The molecule has 1 saturated heterocycles. The zero-order chi connectivity index (χ0) is 20.2. The Hall–Kier alpha value is -2.28. The third kappa shape index (κ3) is 4.66. The second-order valence-electron chi connectivity index (χ2n) is 7.05. The van der Waals surface area contributed by atoms with Crippen LogP contribution < -0.4 is 0 Å². The number of piperazine rings is 1. The van der Waals surface area contributed by atoms with E-state index in [2.05, 4.69) is 21.8 Å². The molecule has 0 spiro atoms. The number of hydrogen-bond acceptors (Lipinski definition) is 5. The largest absolute Gasteiger partial charge is 0.336 e. The van der Waals surface area contributed by atoms with Crippen molar-refractivity contribution < 1.29 is 4.79 Å². The smallest absolute Gasteiger partial charge is 0.255 e. The SMILES string of the molecule is CCN1CCN(C(=O)c2ccc(Cc3nccc(-c4cccs4)n3)cc2Cl)CC1. The van der Waals surface area contributed by atoms with Crippen LogP contribution in [0.3, 0.4) is 0 Å². The van der Waals surface area contributed by atoms with Gasteiger partial charge >= 0.3 is 0 Å². The first-order chi connectivity index (χ1) is 14.1. The molecule has 1 aliphatic rings. The van der Waals surface area contributed by atoms with Gasteiger partial charge < -0.3 is 9.80 Å². The molecule has 0 radical (unpaired) electrons. The van der Waals surface area contributed by atoms with E-state index in [-0.39, 0.29) is 5.91 Å². The third-order valence-electron chi connectivity index (χ3n) is 5.21. The first-order valence-corrected chi connectivity index (χ1v) is 11.1. The number of nitrogens with zero attached hydrogens (tertiary/aromatic N) is 4. The van der Waals surface area contributed by atoms with Crippen LogP contribution in [-0.4, -0.2) is 58.4 Å². The number of carbonyl (C=O) groups excluding carboxylic acids is 1. The highest BCUT2D eigenvalue weighted by molar-refractivity contribution is 7.13. The predicted octanol–water partition coefficient (Wildman–Crippen LogP) is 4.23. The lowest BCUT2D eigenvalue weighted by molar-refractivity contribution is 0.0643. The van der Waals surface area contributed by atoms with Gasteiger partial charge in [0.05, 0.1) is 21.2 Å². The Kier molecular flexibility index (Phi) is 6.23. The molecule has 5 nitrogen and oxygen atoms in total. The first-order valence-electron chi connectivity index (χ1n) is 9.80. The van der Waals surface area contributed by atoms with E-state index in [0.717, 1.165) is 54.7 Å². The van der Waals surface area contributed by atoms with Crippen molar-refractivity contribution >= 4 is 28.8 Å². The summed E-state index contributed by atoms with van der Waals surface area (Å²) in [7, 11) is 0. The highest BCUT2D eigenvalue weighted by Gasteiger charge is 2.23. The monoisotopic (exact) mass is 426 g/mol. The van der Waals surface area contributed by atoms with Crippen LogP contribution in [0, 0.1) is 0 Å². The second-order valence-corrected chi connectivity index (χ2v) is 8.41. The Morgan fingerprint density at radius 1 is 1.17 bits per heavy atom. The van der Waals surface area contributed by atoms with E-state index in [0.29, 0.717) is 17.0 Å². The molecule has 0 atom stereocenters. The van der Waals surface area contributed by atoms with Gasteiger partial charge in [-0.15, -0.1) is 11.3 Å². The van der Waals surface area contributed by atoms with Gasteiger partial charge in [-0.2, -0.15) is 0 Å². The molecule has 150 valence electrons. The molecule has 2 aromatic heterocycles. The molecule has 1 aliphatic heterocycles. The van der Waals surface area contributed by atoms with Crippen LogP contribution in [0.25, 0.3) is 10.6 Å². The van der Waals surface area contributed by atoms with Crippen molar-refractivity contribution in [2.45, 2.75) is 13.3 Å². The lowest BCUT2D eigenvalue weighted by atomic mass is 10.1. The summed E-state index contributed by atoms with van der Waals surface area (Å²) in [4.78, 5) is 27.3. The maximum absolute atomic E-state index is 12.9. The molecule has 1 aromatic carbocycles. The van der Waals surface area contributed by atoms with Crippen LogP contribution in [0.5, 0.6) is 0 Å². The number of rotatable bonds is 5. The van der Waals surface area contributed by atoms with Crippen LogP contribution in [0.2, 0.25) is 5.02 Å². The summed E-state index contributed by atoms with van der Waals surface area (Å²) in [6.45, 7) is 6.48. The number of thiophene rings is 1. The van der Waals surface area contributed by atoms with Crippen molar-refractivity contribution in [1.82, 2.24) is 19.8 Å². The molecular formula is C22H23ClN4OS. The third-order valence-corrected chi connectivity index (χ3v) is 6.42. The van der Waals surface area contributed by atoms with Crippen LogP contribution in [0.1, 0.15) is 28.7 Å². The molecule has 1 fully saturated rings. The highest BCUT2D eigenvalue weighted by atomic mass is 35.5. The highest BCUT2D eigenvalue weighted by Crippen LogP contribution is 2.24. The van der Waals surface area contributed by atoms with Gasteiger partial charge in [0.15, 0.2) is 0 Å². The van der Waals surface area contributed by atoms with Gasteiger partial charge in [-0.3, -0.25) is 4.79 Å². The minimum absolute atomic E-state index is 0.00764. The molecule has 7 heteroatoms. The van der Waals surface area contributed by atoms with Crippen molar-refractivity contribution in [3.63, 3.8) is 0 Å². The fourth-order valence-electron chi connectivity index (χ4n) is 3.51. The van der Waals surface area contributed by atoms with Crippen molar-refractivity contribution in [3.8, 4) is 10.6 Å². The Morgan fingerprint density at radius 3 is 2.69 bits per heavy atom. The normalized spacial score (nSPS) is 14.9. The Balaban J connectivity index is 1.46. The molecule has 0 saturated carbocycles. The number of hydrogen-bond donors (Lipinski definition) is 0. The average molecular weight is 427 g/mol. The molecule has 0 aliphatic carbocycles. The molecule has 0 unspecified atom stereocenters. The summed E-state index contributed by atoms with van der Waals surface area (Å²) >= 11 is 8.14. The Labute approximate surface area is 180 Å². The summed E-state index contributed by atoms with van der Waals surface area (Å²) in [6.07, 6.45) is 2.36.